The summed E-state index contributed by atoms with van der Waals surface area (Å²) in [6.45, 7) is 19.5. The van der Waals surface area contributed by atoms with Crippen molar-refractivity contribution in [1.29, 1.82) is 0 Å². The quantitative estimate of drug-likeness (QED) is 0.0765. The van der Waals surface area contributed by atoms with E-state index >= 15 is 0 Å². The van der Waals surface area contributed by atoms with Crippen molar-refractivity contribution in [1.82, 2.24) is 4.90 Å². The molecular formula is C36H52N2O5. The van der Waals surface area contributed by atoms with Crippen molar-refractivity contribution in [2.24, 2.45) is 16.8 Å². The van der Waals surface area contributed by atoms with E-state index in [1.807, 2.05) is 24.3 Å². The zero-order valence-corrected chi connectivity index (χ0v) is 27.7. The fraction of sp³-hybridized carbons (Fsp3) is 0.583. The zero-order chi connectivity index (χ0) is 31.8. The second-order valence-electron chi connectivity index (χ2n) is 13.6. The highest BCUT2D eigenvalue weighted by Gasteiger charge is 2.48. The molecule has 1 unspecified atom stereocenters. The molecule has 0 radical (unpaired) electrons. The summed E-state index contributed by atoms with van der Waals surface area (Å²) in [7, 11) is 0. The maximum atomic E-state index is 13.4. The van der Waals surface area contributed by atoms with E-state index in [9.17, 15) is 9.59 Å². The molecule has 7 heteroatoms. The normalized spacial score (nSPS) is 16.6. The van der Waals surface area contributed by atoms with Crippen molar-refractivity contribution in [3.8, 4) is 5.75 Å². The molecule has 1 heterocycles. The summed E-state index contributed by atoms with van der Waals surface area (Å²) in [5.74, 6) is -2.25. The number of hydrogen-bond acceptors (Lipinski definition) is 6. The fourth-order valence-corrected chi connectivity index (χ4v) is 5.06. The molecule has 0 aromatic heterocycles. The number of rotatable bonds is 13. The van der Waals surface area contributed by atoms with Crippen LogP contribution in [0.2, 0.25) is 0 Å². The summed E-state index contributed by atoms with van der Waals surface area (Å²) in [5.41, 5.74) is 2.95. The standard InChI is InChI=1S/C36H52N2O5/c1-10-11-23-41-30-21-19-29(20-22-30)37-32(31-33(39)42-36(8,9)43-34(31)40)38(26(4)14-12-13-25(2)3)24-27-15-17-28(18-16-27)35(5,6)7/h15-22,25-26,31H,10-14,23-24H2,1-9H3. The van der Waals surface area contributed by atoms with Crippen LogP contribution in [0.3, 0.4) is 0 Å². The maximum absolute atomic E-state index is 13.4. The lowest BCUT2D eigenvalue weighted by molar-refractivity contribution is -0.236. The van der Waals surface area contributed by atoms with E-state index in [2.05, 4.69) is 77.6 Å². The van der Waals surface area contributed by atoms with Gasteiger partial charge in [0.05, 0.1) is 12.3 Å². The lowest BCUT2D eigenvalue weighted by atomic mass is 9.86. The third-order valence-corrected chi connectivity index (χ3v) is 7.67. The number of ether oxygens (including phenoxy) is 3. The molecule has 236 valence electrons. The zero-order valence-electron chi connectivity index (χ0n) is 27.7. The number of unbranched alkanes of at least 4 members (excludes halogenated alkanes) is 1. The number of hydrogen-bond donors (Lipinski definition) is 0. The van der Waals surface area contributed by atoms with Gasteiger partial charge >= 0.3 is 11.9 Å². The van der Waals surface area contributed by atoms with Gasteiger partial charge in [0.15, 0.2) is 0 Å². The lowest BCUT2D eigenvalue weighted by Gasteiger charge is -2.39. The highest BCUT2D eigenvalue weighted by molar-refractivity contribution is 6.17. The Labute approximate surface area is 259 Å². The molecule has 7 nitrogen and oxygen atoms in total. The predicted octanol–water partition coefficient (Wildman–Crippen LogP) is 8.36. The molecule has 3 rings (SSSR count). The van der Waals surface area contributed by atoms with Crippen LogP contribution in [0.1, 0.15) is 106 Å². The Kier molecular flexibility index (Phi) is 11.8. The highest BCUT2D eigenvalue weighted by atomic mass is 16.7. The summed E-state index contributed by atoms with van der Waals surface area (Å²) in [4.78, 5) is 33.9. The van der Waals surface area contributed by atoms with Crippen LogP contribution >= 0.6 is 0 Å². The van der Waals surface area contributed by atoms with Crippen molar-refractivity contribution in [2.75, 3.05) is 6.61 Å². The van der Waals surface area contributed by atoms with Crippen LogP contribution in [-0.4, -0.2) is 41.1 Å². The predicted molar refractivity (Wildman–Crippen MR) is 173 cm³/mol. The molecule has 1 aliphatic rings. The fourth-order valence-electron chi connectivity index (χ4n) is 5.06. The molecule has 0 amide bonds. The summed E-state index contributed by atoms with van der Waals surface area (Å²) in [5, 5.41) is 0. The summed E-state index contributed by atoms with van der Waals surface area (Å²) >= 11 is 0. The van der Waals surface area contributed by atoms with Crippen molar-refractivity contribution in [3.63, 3.8) is 0 Å². The Balaban J connectivity index is 2.06. The SMILES string of the molecule is CCCCOc1ccc(N=C(C2C(=O)OC(C)(C)OC2=O)N(Cc2ccc(C(C)(C)C)cc2)C(C)CCCC(C)C)cc1. The van der Waals surface area contributed by atoms with Crippen LogP contribution in [-0.2, 0) is 31.0 Å². The van der Waals surface area contributed by atoms with Gasteiger partial charge in [-0.05, 0) is 66.5 Å². The molecule has 0 N–H and O–H groups in total. The maximum Gasteiger partial charge on any atom is 0.331 e. The molecule has 0 aliphatic carbocycles. The molecule has 2 aromatic rings. The van der Waals surface area contributed by atoms with Crippen molar-refractivity contribution in [2.45, 2.75) is 118 Å². The second kappa shape index (κ2) is 14.9. The van der Waals surface area contributed by atoms with Crippen LogP contribution in [0.15, 0.2) is 53.5 Å². The topological polar surface area (TPSA) is 77.4 Å². The summed E-state index contributed by atoms with van der Waals surface area (Å²) in [6.07, 6.45) is 5.02. The molecule has 0 bridgehead atoms. The molecule has 0 spiro atoms. The largest absolute Gasteiger partial charge is 0.494 e. The number of carbonyl (C=O) groups excluding carboxylic acids is 2. The van der Waals surface area contributed by atoms with E-state index in [4.69, 9.17) is 19.2 Å². The second-order valence-corrected chi connectivity index (χ2v) is 13.6. The molecular weight excluding hydrogens is 540 g/mol. The van der Waals surface area contributed by atoms with Gasteiger partial charge in [-0.2, -0.15) is 0 Å². The first-order chi connectivity index (χ1) is 20.2. The van der Waals surface area contributed by atoms with Crippen molar-refractivity contribution < 1.29 is 23.8 Å². The minimum absolute atomic E-state index is 0.00743. The molecule has 1 atom stereocenters. The molecule has 2 aromatic carbocycles. The van der Waals surface area contributed by atoms with Gasteiger partial charge in [0.25, 0.3) is 5.79 Å². The molecule has 1 saturated heterocycles. The number of carbonyl (C=O) groups is 2. The van der Waals surface area contributed by atoms with Gasteiger partial charge < -0.3 is 19.1 Å². The van der Waals surface area contributed by atoms with Crippen molar-refractivity contribution >= 4 is 23.5 Å². The first-order valence-corrected chi connectivity index (χ1v) is 15.8. The highest BCUT2D eigenvalue weighted by Crippen LogP contribution is 2.30. The number of cyclic esters (lactones) is 2. The molecule has 43 heavy (non-hydrogen) atoms. The lowest BCUT2D eigenvalue weighted by Crippen LogP contribution is -2.54. The van der Waals surface area contributed by atoms with E-state index in [1.54, 1.807) is 13.8 Å². The Morgan fingerprint density at radius 3 is 2.07 bits per heavy atom. The van der Waals surface area contributed by atoms with E-state index in [1.165, 1.54) is 5.56 Å². The van der Waals surface area contributed by atoms with Crippen molar-refractivity contribution in [3.05, 3.63) is 59.7 Å². The van der Waals surface area contributed by atoms with Crippen LogP contribution in [0.25, 0.3) is 0 Å². The third kappa shape index (κ3) is 10.1. The molecule has 1 aliphatic heterocycles. The molecule has 0 saturated carbocycles. The van der Waals surface area contributed by atoms with Crippen LogP contribution in [0, 0.1) is 11.8 Å². The Bertz CT molecular complexity index is 1210. The van der Waals surface area contributed by atoms with E-state index in [0.717, 1.165) is 43.4 Å². The monoisotopic (exact) mass is 592 g/mol. The van der Waals surface area contributed by atoms with Gasteiger partial charge in [-0.3, -0.25) is 9.59 Å². The van der Waals surface area contributed by atoms with Crippen LogP contribution in [0.5, 0.6) is 5.75 Å². The molecule has 1 fully saturated rings. The van der Waals surface area contributed by atoms with Gasteiger partial charge in [0.1, 0.15) is 11.6 Å². The Morgan fingerprint density at radius 1 is 0.930 bits per heavy atom. The number of aliphatic imine (C=N–C) groups is 1. The van der Waals surface area contributed by atoms with E-state index in [0.29, 0.717) is 30.6 Å². The Morgan fingerprint density at radius 2 is 1.53 bits per heavy atom. The van der Waals surface area contributed by atoms with E-state index in [-0.39, 0.29) is 11.5 Å². The van der Waals surface area contributed by atoms with Crippen LogP contribution in [0.4, 0.5) is 5.69 Å². The average Bonchev–Trinajstić information content (AvgIpc) is 2.90. The number of esters is 2. The summed E-state index contributed by atoms with van der Waals surface area (Å²) in [6, 6.07) is 16.0. The smallest absolute Gasteiger partial charge is 0.331 e. The first-order valence-electron chi connectivity index (χ1n) is 15.8. The summed E-state index contributed by atoms with van der Waals surface area (Å²) < 4.78 is 17.0. The third-order valence-electron chi connectivity index (χ3n) is 7.67. The van der Waals surface area contributed by atoms with Gasteiger partial charge in [-0.25, -0.2) is 4.99 Å². The minimum atomic E-state index is -1.33. The average molecular weight is 593 g/mol. The van der Waals surface area contributed by atoms with Crippen LogP contribution < -0.4 is 4.74 Å². The first kappa shape index (κ1) is 34.1. The number of benzene rings is 2. The minimum Gasteiger partial charge on any atom is -0.494 e. The number of amidine groups is 1. The van der Waals surface area contributed by atoms with E-state index < -0.39 is 23.6 Å². The Hall–Kier alpha value is -3.35. The van der Waals surface area contributed by atoms with Gasteiger partial charge in [-0.1, -0.05) is 85.1 Å². The van der Waals surface area contributed by atoms with Gasteiger partial charge in [0.2, 0.25) is 5.92 Å². The number of nitrogens with zero attached hydrogens (tertiary/aromatic N) is 2. The van der Waals surface area contributed by atoms with Gasteiger partial charge in [0, 0.05) is 26.4 Å². The van der Waals surface area contributed by atoms with Gasteiger partial charge in [-0.15, -0.1) is 0 Å².